The predicted octanol–water partition coefficient (Wildman–Crippen LogP) is 3.98. The molecule has 0 aliphatic carbocycles. The fourth-order valence-corrected chi connectivity index (χ4v) is 5.26. The average molecular weight is 383 g/mol. The van der Waals surface area contributed by atoms with Gasteiger partial charge < -0.3 is 5.11 Å². The van der Waals surface area contributed by atoms with E-state index >= 15 is 0 Å². The van der Waals surface area contributed by atoms with E-state index in [2.05, 4.69) is 20.7 Å². The summed E-state index contributed by atoms with van der Waals surface area (Å²) in [4.78, 5) is 0.878. The molecule has 0 bridgehead atoms. The molecular weight excluding hydrogens is 374 g/mol. The minimum atomic E-state index is -3.69. The zero-order valence-electron chi connectivity index (χ0n) is 9.65. The fourth-order valence-electron chi connectivity index (χ4n) is 1.48. The van der Waals surface area contributed by atoms with Crippen molar-refractivity contribution in [1.29, 1.82) is 0 Å². The second kappa shape index (κ2) is 5.32. The van der Waals surface area contributed by atoms with E-state index in [1.807, 2.05) is 0 Å². The van der Waals surface area contributed by atoms with E-state index in [0.29, 0.717) is 4.88 Å². The van der Waals surface area contributed by atoms with E-state index in [1.165, 1.54) is 35.6 Å². The number of halogens is 2. The van der Waals surface area contributed by atoms with Crippen LogP contribution < -0.4 is 4.72 Å². The van der Waals surface area contributed by atoms with Crippen molar-refractivity contribution in [2.24, 2.45) is 0 Å². The van der Waals surface area contributed by atoms with E-state index in [1.54, 1.807) is 6.92 Å². The van der Waals surface area contributed by atoms with Crippen LogP contribution in [0, 0.1) is 6.92 Å². The smallest absolute Gasteiger partial charge is 0.263 e. The van der Waals surface area contributed by atoms with Gasteiger partial charge in [0, 0.05) is 10.9 Å². The molecule has 1 heterocycles. The van der Waals surface area contributed by atoms with Crippen molar-refractivity contribution in [3.8, 4) is 5.75 Å². The first kappa shape index (κ1) is 14.6. The van der Waals surface area contributed by atoms with E-state index in [-0.39, 0.29) is 21.4 Å². The van der Waals surface area contributed by atoms with Gasteiger partial charge in [0.05, 0.1) is 14.5 Å². The molecule has 2 rings (SSSR count). The van der Waals surface area contributed by atoms with Crippen LogP contribution in [-0.2, 0) is 10.0 Å². The van der Waals surface area contributed by atoms with E-state index in [0.717, 1.165) is 3.79 Å². The van der Waals surface area contributed by atoms with Gasteiger partial charge in [-0.25, -0.2) is 8.42 Å². The van der Waals surface area contributed by atoms with Gasteiger partial charge in [0.15, 0.2) is 0 Å². The summed E-state index contributed by atoms with van der Waals surface area (Å²) in [6, 6.07) is 5.58. The highest BCUT2D eigenvalue weighted by Crippen LogP contribution is 2.33. The van der Waals surface area contributed by atoms with Gasteiger partial charge in [0.1, 0.15) is 10.6 Å². The minimum Gasteiger partial charge on any atom is -0.508 e. The molecular formula is C11H9BrClNO3S2. The van der Waals surface area contributed by atoms with Crippen LogP contribution in [0.4, 0.5) is 5.69 Å². The largest absolute Gasteiger partial charge is 0.508 e. The van der Waals surface area contributed by atoms with Crippen molar-refractivity contribution < 1.29 is 13.5 Å². The third kappa shape index (κ3) is 3.22. The molecule has 0 aliphatic rings. The van der Waals surface area contributed by atoms with Gasteiger partial charge in [-0.3, -0.25) is 4.72 Å². The summed E-state index contributed by atoms with van der Waals surface area (Å²) >= 11 is 10.5. The zero-order chi connectivity index (χ0) is 14.2. The Morgan fingerprint density at radius 1 is 1.37 bits per heavy atom. The first-order chi connectivity index (χ1) is 8.79. The lowest BCUT2D eigenvalue weighted by Crippen LogP contribution is -2.13. The second-order valence-electron chi connectivity index (χ2n) is 3.74. The number of nitrogens with one attached hydrogen (secondary N) is 1. The third-order valence-electron chi connectivity index (χ3n) is 2.33. The fraction of sp³-hybridized carbons (Fsp3) is 0.0909. The number of aromatic hydroxyl groups is 1. The van der Waals surface area contributed by atoms with Crippen LogP contribution in [-0.4, -0.2) is 13.5 Å². The second-order valence-corrected chi connectivity index (χ2v) is 8.43. The third-order valence-corrected chi connectivity index (χ3v) is 5.82. The molecule has 0 spiro atoms. The summed E-state index contributed by atoms with van der Waals surface area (Å²) < 4.78 is 27.6. The first-order valence-electron chi connectivity index (χ1n) is 5.07. The van der Waals surface area contributed by atoms with Gasteiger partial charge in [-0.1, -0.05) is 11.6 Å². The maximum absolute atomic E-state index is 12.2. The molecule has 0 saturated carbocycles. The molecule has 4 nitrogen and oxygen atoms in total. The highest BCUT2D eigenvalue weighted by molar-refractivity contribution is 9.11. The summed E-state index contributed by atoms with van der Waals surface area (Å²) in [6.07, 6.45) is 0. The molecule has 0 amide bonds. The van der Waals surface area contributed by atoms with Crippen molar-refractivity contribution in [2.45, 2.75) is 11.8 Å². The van der Waals surface area contributed by atoms with Crippen LogP contribution in [0.2, 0.25) is 5.02 Å². The van der Waals surface area contributed by atoms with Gasteiger partial charge in [-0.15, -0.1) is 11.3 Å². The summed E-state index contributed by atoms with van der Waals surface area (Å²) in [5.74, 6) is -0.0255. The first-order valence-corrected chi connectivity index (χ1v) is 8.54. The van der Waals surface area contributed by atoms with Gasteiger partial charge in [-0.05, 0) is 41.1 Å². The lowest BCUT2D eigenvalue weighted by atomic mass is 10.3. The highest BCUT2D eigenvalue weighted by atomic mass is 79.9. The van der Waals surface area contributed by atoms with Crippen LogP contribution in [0.25, 0.3) is 0 Å². The molecule has 1 aromatic heterocycles. The molecule has 102 valence electrons. The van der Waals surface area contributed by atoms with Crippen LogP contribution in [0.5, 0.6) is 5.75 Å². The molecule has 2 aromatic rings. The Hall–Kier alpha value is -0.760. The molecule has 0 radical (unpaired) electrons. The Labute approximate surface area is 128 Å². The normalized spacial score (nSPS) is 11.5. The maximum Gasteiger partial charge on any atom is 0.263 e. The summed E-state index contributed by atoms with van der Waals surface area (Å²) in [5, 5.41) is 9.37. The van der Waals surface area contributed by atoms with Crippen molar-refractivity contribution in [3.05, 3.63) is 38.0 Å². The minimum absolute atomic E-state index is 0.0255. The van der Waals surface area contributed by atoms with Crippen LogP contribution in [0.15, 0.2) is 32.9 Å². The Morgan fingerprint density at radius 3 is 2.58 bits per heavy atom. The monoisotopic (exact) mass is 381 g/mol. The number of thiophene rings is 1. The lowest BCUT2D eigenvalue weighted by molar-refractivity contribution is 0.475. The van der Waals surface area contributed by atoms with Gasteiger partial charge in [-0.2, -0.15) is 0 Å². The van der Waals surface area contributed by atoms with Crippen LogP contribution in [0.1, 0.15) is 4.88 Å². The Kier molecular flexibility index (Phi) is 4.10. The number of benzene rings is 1. The van der Waals surface area contributed by atoms with Crippen molar-refractivity contribution in [3.63, 3.8) is 0 Å². The topological polar surface area (TPSA) is 66.4 Å². The average Bonchev–Trinajstić information content (AvgIpc) is 2.63. The van der Waals surface area contributed by atoms with Crippen LogP contribution >= 0.6 is 38.9 Å². The SMILES string of the molecule is Cc1sc(Br)cc1S(=O)(=O)Nc1ccc(O)cc1Cl. The van der Waals surface area contributed by atoms with Gasteiger partial charge >= 0.3 is 0 Å². The number of aryl methyl sites for hydroxylation is 1. The molecule has 0 unspecified atom stereocenters. The number of hydrogen-bond donors (Lipinski definition) is 2. The Morgan fingerprint density at radius 2 is 2.05 bits per heavy atom. The van der Waals surface area contributed by atoms with Crippen molar-refractivity contribution in [2.75, 3.05) is 4.72 Å². The molecule has 0 atom stereocenters. The molecule has 1 aromatic carbocycles. The number of sulfonamides is 1. The summed E-state index contributed by atoms with van der Waals surface area (Å²) in [7, 11) is -3.69. The molecule has 0 fully saturated rings. The number of hydrogen-bond acceptors (Lipinski definition) is 4. The highest BCUT2D eigenvalue weighted by Gasteiger charge is 2.20. The van der Waals surface area contributed by atoms with Gasteiger partial charge in [0.2, 0.25) is 0 Å². The maximum atomic E-state index is 12.2. The predicted molar refractivity (Wildman–Crippen MR) is 80.7 cm³/mol. The lowest BCUT2D eigenvalue weighted by Gasteiger charge is -2.09. The van der Waals surface area contributed by atoms with Gasteiger partial charge in [0.25, 0.3) is 10.0 Å². The number of anilines is 1. The zero-order valence-corrected chi connectivity index (χ0v) is 13.6. The quantitative estimate of drug-likeness (QED) is 0.789. The number of phenols is 1. The molecule has 0 aliphatic heterocycles. The van der Waals surface area contributed by atoms with Crippen molar-refractivity contribution in [1.82, 2.24) is 0 Å². The number of phenolic OH excluding ortho intramolecular Hbond substituents is 1. The summed E-state index contributed by atoms with van der Waals surface area (Å²) in [6.45, 7) is 1.72. The molecule has 19 heavy (non-hydrogen) atoms. The number of rotatable bonds is 3. The van der Waals surface area contributed by atoms with Crippen LogP contribution in [0.3, 0.4) is 0 Å². The van der Waals surface area contributed by atoms with E-state index in [4.69, 9.17) is 11.6 Å². The molecule has 0 saturated heterocycles. The van der Waals surface area contributed by atoms with Crippen molar-refractivity contribution >= 4 is 54.6 Å². The standard InChI is InChI=1S/C11H9BrClNO3S2/c1-6-10(5-11(12)18-6)19(16,17)14-9-3-2-7(15)4-8(9)13/h2-5,14-15H,1H3. The summed E-state index contributed by atoms with van der Waals surface area (Å²) in [5.41, 5.74) is 0.223. The Bertz CT molecular complexity index is 728. The Balaban J connectivity index is 2.39. The molecule has 2 N–H and O–H groups in total. The van der Waals surface area contributed by atoms with E-state index in [9.17, 15) is 13.5 Å². The van der Waals surface area contributed by atoms with E-state index < -0.39 is 10.0 Å². The molecule has 8 heteroatoms.